The number of ether oxygens (including phenoxy) is 2. The number of nitrogens with two attached hydrogens (primary N) is 1. The maximum absolute atomic E-state index is 5.84. The fourth-order valence-electron chi connectivity index (χ4n) is 2.42. The quantitative estimate of drug-likeness (QED) is 0.715. The minimum absolute atomic E-state index is 0.280. The van der Waals surface area contributed by atoms with Crippen LogP contribution < -0.4 is 10.5 Å². The number of methoxy groups -OCH3 is 1. The molecule has 5 heteroatoms. The summed E-state index contributed by atoms with van der Waals surface area (Å²) in [5.74, 6) is 1.14. The van der Waals surface area contributed by atoms with Crippen LogP contribution in [0.25, 0.3) is 11.1 Å². The third-order valence-electron chi connectivity index (χ3n) is 3.88. The van der Waals surface area contributed by atoms with Crippen molar-refractivity contribution in [2.24, 2.45) is 0 Å². The van der Waals surface area contributed by atoms with Crippen LogP contribution in [0.4, 0.5) is 5.95 Å². The first-order valence-corrected chi connectivity index (χ1v) is 8.12. The summed E-state index contributed by atoms with van der Waals surface area (Å²) >= 11 is 0. The summed E-state index contributed by atoms with van der Waals surface area (Å²) in [4.78, 5) is 8.03. The highest BCUT2D eigenvalue weighted by Gasteiger charge is 2.01. The zero-order chi connectivity index (χ0) is 17.5. The molecule has 0 fully saturated rings. The molecule has 0 saturated heterocycles. The highest BCUT2D eigenvalue weighted by atomic mass is 16.5. The van der Waals surface area contributed by atoms with E-state index in [1.807, 2.05) is 36.4 Å². The zero-order valence-corrected chi connectivity index (χ0v) is 14.2. The van der Waals surface area contributed by atoms with E-state index in [0.29, 0.717) is 6.61 Å². The minimum atomic E-state index is 0.280. The van der Waals surface area contributed by atoms with E-state index < -0.39 is 0 Å². The average Bonchev–Trinajstić information content (AvgIpc) is 2.67. The van der Waals surface area contributed by atoms with Crippen molar-refractivity contribution in [1.82, 2.24) is 9.97 Å². The van der Waals surface area contributed by atoms with Crippen molar-refractivity contribution in [1.29, 1.82) is 0 Å². The third kappa shape index (κ3) is 4.78. The highest BCUT2D eigenvalue weighted by molar-refractivity contribution is 5.62. The van der Waals surface area contributed by atoms with Crippen molar-refractivity contribution >= 4 is 5.95 Å². The molecule has 128 valence electrons. The lowest BCUT2D eigenvalue weighted by atomic mass is 10.1. The van der Waals surface area contributed by atoms with Gasteiger partial charge in [0.1, 0.15) is 12.4 Å². The summed E-state index contributed by atoms with van der Waals surface area (Å²) in [6.45, 7) is 1.25. The molecule has 0 aliphatic heterocycles. The van der Waals surface area contributed by atoms with Gasteiger partial charge in [0, 0.05) is 25.1 Å². The molecule has 0 saturated carbocycles. The first-order valence-electron chi connectivity index (χ1n) is 8.12. The maximum Gasteiger partial charge on any atom is 0.219 e. The summed E-state index contributed by atoms with van der Waals surface area (Å²) in [5.41, 5.74) is 9.84. The first-order chi connectivity index (χ1) is 12.2. The van der Waals surface area contributed by atoms with Gasteiger partial charge in [-0.25, -0.2) is 9.97 Å². The van der Waals surface area contributed by atoms with E-state index in [-0.39, 0.29) is 5.95 Å². The molecule has 0 atom stereocenters. The summed E-state index contributed by atoms with van der Waals surface area (Å²) in [6.07, 6.45) is 4.35. The molecule has 2 N–H and O–H groups in total. The van der Waals surface area contributed by atoms with Crippen molar-refractivity contribution in [3.8, 4) is 16.9 Å². The van der Waals surface area contributed by atoms with Gasteiger partial charge in [-0.15, -0.1) is 0 Å². The fraction of sp³-hybridized carbons (Fsp3) is 0.200. The van der Waals surface area contributed by atoms with Gasteiger partial charge in [0.2, 0.25) is 5.95 Å². The van der Waals surface area contributed by atoms with Gasteiger partial charge in [-0.05, 0) is 35.2 Å². The number of rotatable bonds is 7. The number of nitrogens with zero attached hydrogens (tertiary/aromatic N) is 2. The van der Waals surface area contributed by atoms with Crippen LogP contribution in [0.15, 0.2) is 60.9 Å². The fourth-order valence-corrected chi connectivity index (χ4v) is 2.42. The predicted molar refractivity (Wildman–Crippen MR) is 98.2 cm³/mol. The van der Waals surface area contributed by atoms with E-state index in [1.54, 1.807) is 19.5 Å². The van der Waals surface area contributed by atoms with E-state index in [4.69, 9.17) is 15.2 Å². The largest absolute Gasteiger partial charge is 0.489 e. The molecule has 0 amide bonds. The van der Waals surface area contributed by atoms with Crippen LogP contribution in [0.2, 0.25) is 0 Å². The summed E-state index contributed by atoms with van der Waals surface area (Å²) < 4.78 is 10.9. The van der Waals surface area contributed by atoms with Crippen LogP contribution in [-0.4, -0.2) is 23.7 Å². The smallest absolute Gasteiger partial charge is 0.219 e. The van der Waals surface area contributed by atoms with Crippen LogP contribution in [0.5, 0.6) is 5.75 Å². The topological polar surface area (TPSA) is 70.3 Å². The molecule has 2 aromatic carbocycles. The SMILES string of the molecule is COCCc1ccc(OCc2ccc(-c3cnc(N)nc3)cc2)cc1. The number of hydrogen-bond acceptors (Lipinski definition) is 5. The van der Waals surface area contributed by atoms with E-state index in [0.717, 1.165) is 35.5 Å². The Morgan fingerprint density at radius 1 is 0.840 bits per heavy atom. The standard InChI is InChI=1S/C20H21N3O2/c1-24-11-10-15-4-8-19(9-5-15)25-14-16-2-6-17(7-3-16)18-12-22-20(21)23-13-18/h2-9,12-13H,10-11,14H2,1H3,(H2,21,22,23). The predicted octanol–water partition coefficient (Wildman–Crippen LogP) is 3.49. The lowest BCUT2D eigenvalue weighted by Gasteiger charge is -2.08. The van der Waals surface area contributed by atoms with Crippen LogP contribution >= 0.6 is 0 Å². The van der Waals surface area contributed by atoms with Gasteiger partial charge in [0.05, 0.1) is 6.61 Å². The summed E-state index contributed by atoms with van der Waals surface area (Å²) in [6, 6.07) is 16.3. The van der Waals surface area contributed by atoms with Crippen LogP contribution in [0.1, 0.15) is 11.1 Å². The number of aromatic nitrogens is 2. The molecule has 0 bridgehead atoms. The molecule has 0 spiro atoms. The molecule has 0 aliphatic rings. The summed E-state index contributed by atoms with van der Waals surface area (Å²) in [7, 11) is 1.71. The second kappa shape index (κ2) is 8.26. The Bertz CT molecular complexity index is 785. The molecular formula is C20H21N3O2. The first kappa shape index (κ1) is 16.9. The van der Waals surface area contributed by atoms with Gasteiger partial charge in [-0.1, -0.05) is 36.4 Å². The molecular weight excluding hydrogens is 314 g/mol. The molecule has 0 radical (unpaired) electrons. The lowest BCUT2D eigenvalue weighted by molar-refractivity contribution is 0.202. The summed E-state index contributed by atoms with van der Waals surface area (Å²) in [5, 5.41) is 0. The molecule has 5 nitrogen and oxygen atoms in total. The minimum Gasteiger partial charge on any atom is -0.489 e. The van der Waals surface area contributed by atoms with E-state index in [2.05, 4.69) is 22.1 Å². The van der Waals surface area contributed by atoms with E-state index in [1.165, 1.54) is 5.56 Å². The second-order valence-electron chi connectivity index (χ2n) is 5.70. The number of hydrogen-bond donors (Lipinski definition) is 1. The Kier molecular flexibility index (Phi) is 5.59. The molecule has 1 aromatic heterocycles. The highest BCUT2D eigenvalue weighted by Crippen LogP contribution is 2.20. The van der Waals surface area contributed by atoms with E-state index >= 15 is 0 Å². The average molecular weight is 335 g/mol. The Balaban J connectivity index is 1.57. The molecule has 3 aromatic rings. The van der Waals surface area contributed by atoms with Crippen molar-refractivity contribution in [2.75, 3.05) is 19.5 Å². The Morgan fingerprint density at radius 3 is 2.12 bits per heavy atom. The lowest BCUT2D eigenvalue weighted by Crippen LogP contribution is -1.97. The van der Waals surface area contributed by atoms with Crippen LogP contribution in [-0.2, 0) is 17.8 Å². The molecule has 1 heterocycles. The van der Waals surface area contributed by atoms with Gasteiger partial charge in [0.15, 0.2) is 0 Å². The van der Waals surface area contributed by atoms with Gasteiger partial charge >= 0.3 is 0 Å². The molecule has 25 heavy (non-hydrogen) atoms. The monoisotopic (exact) mass is 335 g/mol. The van der Waals surface area contributed by atoms with Gasteiger partial charge in [0.25, 0.3) is 0 Å². The van der Waals surface area contributed by atoms with Crippen molar-refractivity contribution in [3.63, 3.8) is 0 Å². The number of anilines is 1. The number of nitrogen functional groups attached to an aromatic ring is 1. The number of benzene rings is 2. The van der Waals surface area contributed by atoms with Gasteiger partial charge < -0.3 is 15.2 Å². The third-order valence-corrected chi connectivity index (χ3v) is 3.88. The zero-order valence-electron chi connectivity index (χ0n) is 14.2. The van der Waals surface area contributed by atoms with E-state index in [9.17, 15) is 0 Å². The Morgan fingerprint density at radius 2 is 1.48 bits per heavy atom. The van der Waals surface area contributed by atoms with Crippen molar-refractivity contribution in [3.05, 3.63) is 72.1 Å². The molecule has 3 rings (SSSR count). The molecule has 0 unspecified atom stereocenters. The van der Waals surface area contributed by atoms with Gasteiger partial charge in [-0.3, -0.25) is 0 Å². The van der Waals surface area contributed by atoms with Crippen LogP contribution in [0, 0.1) is 0 Å². The van der Waals surface area contributed by atoms with Crippen LogP contribution in [0.3, 0.4) is 0 Å². The normalized spacial score (nSPS) is 10.6. The van der Waals surface area contributed by atoms with Crippen molar-refractivity contribution < 1.29 is 9.47 Å². The Labute approximate surface area is 147 Å². The second-order valence-corrected chi connectivity index (χ2v) is 5.70. The Hall–Kier alpha value is -2.92. The maximum atomic E-state index is 5.84. The van der Waals surface area contributed by atoms with Crippen molar-refractivity contribution in [2.45, 2.75) is 13.0 Å². The van der Waals surface area contributed by atoms with Gasteiger partial charge in [-0.2, -0.15) is 0 Å². The molecule has 0 aliphatic carbocycles.